The van der Waals surface area contributed by atoms with Crippen molar-refractivity contribution in [2.24, 2.45) is 0 Å². The second kappa shape index (κ2) is 19.7. The van der Waals surface area contributed by atoms with Gasteiger partial charge >= 0.3 is 0 Å². The molecule has 0 atom stereocenters. The van der Waals surface area contributed by atoms with Gasteiger partial charge in [-0.3, -0.25) is 0 Å². The maximum absolute atomic E-state index is 17.6. The minimum atomic E-state index is -0.450. The third-order valence-corrected chi connectivity index (χ3v) is 14.0. The van der Waals surface area contributed by atoms with Crippen molar-refractivity contribution < 1.29 is 41.6 Å². The molecule has 6 nitrogen and oxygen atoms in total. The maximum atomic E-state index is 17.6. The molecule has 0 aliphatic heterocycles. The number of hydrogen-bond acceptors (Lipinski definition) is 6. The summed E-state index contributed by atoms with van der Waals surface area (Å²) in [6.07, 6.45) is 9.66. The van der Waals surface area contributed by atoms with Gasteiger partial charge in [0.05, 0.1) is 39.6 Å². The van der Waals surface area contributed by atoms with Gasteiger partial charge in [-0.2, -0.15) is 0 Å². The molecule has 10 aromatic carbocycles. The van der Waals surface area contributed by atoms with Crippen LogP contribution in [-0.4, -0.2) is 39.6 Å². The summed E-state index contributed by atoms with van der Waals surface area (Å²) in [6, 6.07) is 15.5. The fourth-order valence-electron chi connectivity index (χ4n) is 10.8. The van der Waals surface area contributed by atoms with Crippen molar-refractivity contribution >= 4 is 97.0 Å². The van der Waals surface area contributed by atoms with Crippen LogP contribution in [0.3, 0.4) is 0 Å². The van der Waals surface area contributed by atoms with Crippen molar-refractivity contribution in [1.29, 1.82) is 0 Å². The van der Waals surface area contributed by atoms with Crippen LogP contribution < -0.4 is 28.4 Å². The summed E-state index contributed by atoms with van der Waals surface area (Å²) in [5.41, 5.74) is 0. The predicted octanol–water partition coefficient (Wildman–Crippen LogP) is 17.9. The predicted molar refractivity (Wildman–Crippen MR) is 280 cm³/mol. The first-order chi connectivity index (χ1) is 33.9. The smallest absolute Gasteiger partial charge is 0.170 e. The van der Waals surface area contributed by atoms with E-state index in [2.05, 4.69) is 41.5 Å². The van der Waals surface area contributed by atoms with Gasteiger partial charge in [0.15, 0.2) is 34.5 Å². The highest BCUT2D eigenvalue weighted by Gasteiger charge is 2.38. The standard InChI is InChI=1S/C60H63F3O6/c1-7-13-28-64-55-43-34-22-19-25-37(61)40(34)52-49-46(43)47-44(56(55)65-29-14-8-2)35-23-20-26-38(62)41(35)53-50(47)51-48(49)45(57(66-30-15-9-3)58(52)67-31-16-10-4)36-24-21-27-39(63)42(36)54(51)60(69-33-18-12-6)59(53)68-32-17-11-5/h19-27H,7-18,28-33H2,1-6H3. The van der Waals surface area contributed by atoms with Crippen LogP contribution in [0, 0.1) is 17.5 Å². The first-order valence-electron chi connectivity index (χ1n) is 25.7. The summed E-state index contributed by atoms with van der Waals surface area (Å²) < 4.78 is 94.9. The summed E-state index contributed by atoms with van der Waals surface area (Å²) >= 11 is 0. The van der Waals surface area contributed by atoms with Crippen molar-refractivity contribution in [3.63, 3.8) is 0 Å². The first kappa shape index (κ1) is 46.6. The average molecular weight is 937 g/mol. The molecule has 0 amide bonds. The highest BCUT2D eigenvalue weighted by Crippen LogP contribution is 2.65. The molecule has 0 aromatic heterocycles. The molecule has 0 spiro atoms. The second-order valence-corrected chi connectivity index (χ2v) is 18.7. The number of benzene rings is 10. The normalized spacial score (nSPS) is 12.3. The van der Waals surface area contributed by atoms with Gasteiger partial charge < -0.3 is 28.4 Å². The topological polar surface area (TPSA) is 55.4 Å². The van der Waals surface area contributed by atoms with E-state index < -0.39 is 17.5 Å². The zero-order chi connectivity index (χ0) is 47.9. The summed E-state index contributed by atoms with van der Waals surface area (Å²) in [7, 11) is 0. The highest BCUT2D eigenvalue weighted by atomic mass is 19.1. The van der Waals surface area contributed by atoms with E-state index >= 15 is 13.2 Å². The van der Waals surface area contributed by atoms with Crippen molar-refractivity contribution in [1.82, 2.24) is 0 Å². The zero-order valence-electron chi connectivity index (χ0n) is 41.0. The van der Waals surface area contributed by atoms with Gasteiger partial charge in [-0.1, -0.05) is 116 Å². The van der Waals surface area contributed by atoms with Gasteiger partial charge in [0, 0.05) is 80.8 Å². The Labute approximate surface area is 401 Å². The van der Waals surface area contributed by atoms with Crippen LogP contribution in [0.5, 0.6) is 34.5 Å². The number of ether oxygens (including phenoxy) is 6. The zero-order valence-corrected chi connectivity index (χ0v) is 41.0. The minimum Gasteiger partial charge on any atom is -0.489 e. The fraction of sp³-hybridized carbons (Fsp3) is 0.400. The molecule has 0 saturated carbocycles. The van der Waals surface area contributed by atoms with Gasteiger partial charge in [0.25, 0.3) is 0 Å². The maximum Gasteiger partial charge on any atom is 0.170 e. The van der Waals surface area contributed by atoms with Crippen LogP contribution in [0.1, 0.15) is 119 Å². The molecule has 0 radical (unpaired) electrons. The molecular weight excluding hydrogens is 874 g/mol. The number of fused-ring (bicyclic) bond motifs is 9. The Kier molecular flexibility index (Phi) is 13.3. The summed E-state index contributed by atoms with van der Waals surface area (Å²) in [5, 5.41) is 10.9. The van der Waals surface area contributed by atoms with Gasteiger partial charge in [-0.05, 0) is 72.9 Å². The van der Waals surface area contributed by atoms with Crippen LogP contribution >= 0.6 is 0 Å². The van der Waals surface area contributed by atoms with E-state index in [1.165, 1.54) is 18.2 Å². The molecule has 0 aliphatic carbocycles. The lowest BCUT2D eigenvalue weighted by Gasteiger charge is -2.31. The Balaban J connectivity index is 1.63. The molecule has 10 rings (SSSR count). The van der Waals surface area contributed by atoms with E-state index in [0.717, 1.165) is 98.6 Å². The van der Waals surface area contributed by atoms with Crippen LogP contribution in [0.4, 0.5) is 13.2 Å². The quantitative estimate of drug-likeness (QED) is 0.0342. The van der Waals surface area contributed by atoms with Crippen LogP contribution in [0.15, 0.2) is 54.6 Å². The van der Waals surface area contributed by atoms with Gasteiger partial charge in [0.1, 0.15) is 17.5 Å². The lowest BCUT2D eigenvalue weighted by atomic mass is 9.76. The Morgan fingerprint density at radius 3 is 0.681 bits per heavy atom. The highest BCUT2D eigenvalue weighted by molar-refractivity contribution is 6.56. The van der Waals surface area contributed by atoms with Crippen LogP contribution in [-0.2, 0) is 0 Å². The summed E-state index contributed by atoms with van der Waals surface area (Å²) in [5.74, 6) is 1.22. The average Bonchev–Trinajstić information content (AvgIpc) is 3.35. The van der Waals surface area contributed by atoms with Gasteiger partial charge in [0.2, 0.25) is 0 Å². The third-order valence-electron chi connectivity index (χ3n) is 14.0. The van der Waals surface area contributed by atoms with E-state index in [9.17, 15) is 0 Å². The Hall–Kier alpha value is -6.09. The molecule has 360 valence electrons. The molecule has 0 N–H and O–H groups in total. The van der Waals surface area contributed by atoms with E-state index in [1.54, 1.807) is 18.2 Å². The Bertz CT molecular complexity index is 3470. The Morgan fingerprint density at radius 2 is 0.464 bits per heavy atom. The van der Waals surface area contributed by atoms with E-state index in [4.69, 9.17) is 28.4 Å². The van der Waals surface area contributed by atoms with Crippen molar-refractivity contribution in [2.45, 2.75) is 119 Å². The molecule has 0 fully saturated rings. The van der Waals surface area contributed by atoms with E-state index in [0.29, 0.717) is 150 Å². The van der Waals surface area contributed by atoms with Gasteiger partial charge in [-0.15, -0.1) is 0 Å². The van der Waals surface area contributed by atoms with Crippen molar-refractivity contribution in [3.05, 3.63) is 72.0 Å². The molecule has 0 unspecified atom stereocenters. The van der Waals surface area contributed by atoms with Crippen molar-refractivity contribution in [2.75, 3.05) is 39.6 Å². The number of rotatable bonds is 24. The molecule has 0 bridgehead atoms. The first-order valence-corrected chi connectivity index (χ1v) is 25.7. The van der Waals surface area contributed by atoms with E-state index in [1.807, 2.05) is 18.2 Å². The monoisotopic (exact) mass is 936 g/mol. The van der Waals surface area contributed by atoms with Gasteiger partial charge in [-0.25, -0.2) is 13.2 Å². The van der Waals surface area contributed by atoms with Crippen LogP contribution in [0.25, 0.3) is 97.0 Å². The molecule has 9 heteroatoms. The number of halogens is 3. The number of unbranched alkanes of at least 4 members (excludes halogenated alkanes) is 6. The molecular formula is C60H63F3O6. The largest absolute Gasteiger partial charge is 0.489 e. The minimum absolute atomic E-state index is 0.318. The molecule has 69 heavy (non-hydrogen) atoms. The second-order valence-electron chi connectivity index (χ2n) is 18.7. The Morgan fingerprint density at radius 1 is 0.261 bits per heavy atom. The molecule has 0 heterocycles. The fourth-order valence-corrected chi connectivity index (χ4v) is 10.8. The molecule has 0 aliphatic rings. The lowest BCUT2D eigenvalue weighted by molar-refractivity contribution is 0.267. The van der Waals surface area contributed by atoms with E-state index in [-0.39, 0.29) is 0 Å². The molecule has 0 saturated heterocycles. The lowest BCUT2D eigenvalue weighted by Crippen LogP contribution is -2.10. The third kappa shape index (κ3) is 7.35. The molecule has 10 aromatic rings. The van der Waals surface area contributed by atoms with Crippen molar-refractivity contribution in [3.8, 4) is 34.5 Å². The van der Waals surface area contributed by atoms with Crippen LogP contribution in [0.2, 0.25) is 0 Å². The number of hydrogen-bond donors (Lipinski definition) is 0. The summed E-state index contributed by atoms with van der Waals surface area (Å²) in [4.78, 5) is 0. The summed E-state index contributed by atoms with van der Waals surface area (Å²) in [6.45, 7) is 14.7. The SMILES string of the molecule is CCCCOc1c(OCCCC)c2c3cccc(F)c3c3c(OCCCC)c(OCCCC)c4c5c(F)cccc5c5c(OCCCC)c(OCCCC)c6c7c(F)cccc7c1c1c2c3c4c5c61.